The highest BCUT2D eigenvalue weighted by Crippen LogP contribution is 2.28. The van der Waals surface area contributed by atoms with Gasteiger partial charge in [0.05, 0.1) is 11.8 Å². The lowest BCUT2D eigenvalue weighted by atomic mass is 9.99. The monoisotopic (exact) mass is 291 g/mol. The van der Waals surface area contributed by atoms with Crippen molar-refractivity contribution >= 4 is 0 Å². The third-order valence-electron chi connectivity index (χ3n) is 4.82. The lowest BCUT2D eigenvalue weighted by Gasteiger charge is -2.22. The molecule has 2 atom stereocenters. The third kappa shape index (κ3) is 3.16. The molecule has 1 saturated heterocycles. The molecule has 2 unspecified atom stereocenters. The maximum Gasteiger partial charge on any atom is 0.109 e. The van der Waals surface area contributed by atoms with Crippen LogP contribution in [-0.4, -0.2) is 28.8 Å². The first kappa shape index (κ1) is 15.0. The highest BCUT2D eigenvalue weighted by molar-refractivity contribution is 5.21. The molecule has 4 nitrogen and oxygen atoms in total. The molecule has 4 heteroatoms. The minimum atomic E-state index is 0.441. The van der Waals surface area contributed by atoms with Crippen LogP contribution in [0.1, 0.15) is 50.8 Å². The molecule has 1 aromatic heterocycles. The van der Waals surface area contributed by atoms with E-state index in [0.717, 1.165) is 45.5 Å². The smallest absolute Gasteiger partial charge is 0.109 e. The molecule has 2 aliphatic rings. The van der Waals surface area contributed by atoms with Gasteiger partial charge in [-0.2, -0.15) is 0 Å². The van der Waals surface area contributed by atoms with Gasteiger partial charge in [0.1, 0.15) is 5.82 Å². The molecule has 0 bridgehead atoms. The van der Waals surface area contributed by atoms with Crippen LogP contribution >= 0.6 is 0 Å². The zero-order valence-electron chi connectivity index (χ0n) is 13.7. The molecule has 1 aromatic rings. The molecule has 0 spiro atoms. The third-order valence-corrected chi connectivity index (χ3v) is 4.82. The number of nitrogens with zero attached hydrogens (tertiary/aromatic N) is 2. The van der Waals surface area contributed by atoms with Crippen molar-refractivity contribution in [3.8, 4) is 0 Å². The van der Waals surface area contributed by atoms with E-state index >= 15 is 0 Å². The Kier molecular flexibility index (Phi) is 4.65. The molecule has 0 aliphatic carbocycles. The second kappa shape index (κ2) is 6.49. The average molecular weight is 291 g/mol. The van der Waals surface area contributed by atoms with Gasteiger partial charge >= 0.3 is 0 Å². The molecule has 3 heterocycles. The van der Waals surface area contributed by atoms with Crippen LogP contribution in [0.4, 0.5) is 0 Å². The quantitative estimate of drug-likeness (QED) is 0.906. The van der Waals surface area contributed by atoms with Crippen LogP contribution in [0.25, 0.3) is 0 Å². The SMILES string of the molecule is CCC1OCCC1Cn1c(CC(C)C)nc2c1CCNC2. The summed E-state index contributed by atoms with van der Waals surface area (Å²) in [5.41, 5.74) is 2.76. The van der Waals surface area contributed by atoms with Crippen molar-refractivity contribution in [1.82, 2.24) is 14.9 Å². The minimum absolute atomic E-state index is 0.441. The van der Waals surface area contributed by atoms with Gasteiger partial charge in [-0.3, -0.25) is 0 Å². The van der Waals surface area contributed by atoms with Crippen molar-refractivity contribution in [3.63, 3.8) is 0 Å². The number of aromatic nitrogens is 2. The second-order valence-electron chi connectivity index (χ2n) is 6.92. The van der Waals surface area contributed by atoms with Gasteiger partial charge in [0.2, 0.25) is 0 Å². The van der Waals surface area contributed by atoms with Crippen LogP contribution in [0.5, 0.6) is 0 Å². The Balaban J connectivity index is 1.86. The summed E-state index contributed by atoms with van der Waals surface area (Å²) in [4.78, 5) is 4.94. The second-order valence-corrected chi connectivity index (χ2v) is 6.92. The first-order valence-electron chi connectivity index (χ1n) is 8.58. The van der Waals surface area contributed by atoms with Gasteiger partial charge in [0.15, 0.2) is 0 Å². The van der Waals surface area contributed by atoms with Gasteiger partial charge in [-0.25, -0.2) is 4.98 Å². The van der Waals surface area contributed by atoms with E-state index < -0.39 is 0 Å². The van der Waals surface area contributed by atoms with E-state index in [2.05, 4.69) is 30.7 Å². The first-order chi connectivity index (χ1) is 10.2. The van der Waals surface area contributed by atoms with Crippen molar-refractivity contribution < 1.29 is 4.74 Å². The summed E-state index contributed by atoms with van der Waals surface area (Å²) in [5, 5.41) is 3.45. The lowest BCUT2D eigenvalue weighted by molar-refractivity contribution is 0.0830. The van der Waals surface area contributed by atoms with Crippen molar-refractivity contribution in [1.29, 1.82) is 0 Å². The number of rotatable bonds is 5. The lowest BCUT2D eigenvalue weighted by Crippen LogP contribution is -2.27. The molecule has 118 valence electrons. The van der Waals surface area contributed by atoms with E-state index in [-0.39, 0.29) is 0 Å². The van der Waals surface area contributed by atoms with Gasteiger partial charge in [-0.05, 0) is 18.8 Å². The maximum atomic E-state index is 5.88. The van der Waals surface area contributed by atoms with Crippen molar-refractivity contribution in [2.45, 2.75) is 65.6 Å². The van der Waals surface area contributed by atoms with Gasteiger partial charge in [0, 0.05) is 50.7 Å². The van der Waals surface area contributed by atoms with Gasteiger partial charge in [-0.1, -0.05) is 20.8 Å². The summed E-state index contributed by atoms with van der Waals surface area (Å²) < 4.78 is 8.42. The molecule has 3 rings (SSSR count). The standard InChI is InChI=1S/C17H29N3O/c1-4-16-13(6-8-21-16)11-20-15-5-7-18-10-14(15)19-17(20)9-12(2)3/h12-13,16,18H,4-11H2,1-3H3. The van der Waals surface area contributed by atoms with Crippen molar-refractivity contribution in [2.75, 3.05) is 13.2 Å². The van der Waals surface area contributed by atoms with Crippen LogP contribution in [0.2, 0.25) is 0 Å². The predicted octanol–water partition coefficient (Wildman–Crippen LogP) is 2.54. The summed E-state index contributed by atoms with van der Waals surface area (Å²) >= 11 is 0. The van der Waals surface area contributed by atoms with E-state index in [9.17, 15) is 0 Å². The van der Waals surface area contributed by atoms with Crippen molar-refractivity contribution in [2.24, 2.45) is 11.8 Å². The maximum absolute atomic E-state index is 5.88. The molecule has 1 N–H and O–H groups in total. The van der Waals surface area contributed by atoms with Gasteiger partial charge in [0.25, 0.3) is 0 Å². The topological polar surface area (TPSA) is 39.1 Å². The molecular weight excluding hydrogens is 262 g/mol. The van der Waals surface area contributed by atoms with Gasteiger partial charge < -0.3 is 14.6 Å². The molecule has 2 aliphatic heterocycles. The summed E-state index contributed by atoms with van der Waals surface area (Å²) in [6.45, 7) is 10.9. The van der Waals surface area contributed by atoms with E-state index in [4.69, 9.17) is 9.72 Å². The summed E-state index contributed by atoms with van der Waals surface area (Å²) in [6.07, 6.45) is 4.96. The summed E-state index contributed by atoms with van der Waals surface area (Å²) in [5.74, 6) is 2.61. The Morgan fingerprint density at radius 2 is 2.29 bits per heavy atom. The Hall–Kier alpha value is -0.870. The Labute approximate surface area is 128 Å². The number of nitrogens with one attached hydrogen (secondary N) is 1. The van der Waals surface area contributed by atoms with Gasteiger partial charge in [-0.15, -0.1) is 0 Å². The van der Waals surface area contributed by atoms with Crippen LogP contribution in [0.3, 0.4) is 0 Å². The summed E-state index contributed by atoms with van der Waals surface area (Å²) in [7, 11) is 0. The Bertz CT molecular complexity index is 481. The molecule has 0 radical (unpaired) electrons. The molecule has 0 aromatic carbocycles. The van der Waals surface area contributed by atoms with E-state index in [1.54, 1.807) is 0 Å². The molecule has 0 saturated carbocycles. The fourth-order valence-electron chi connectivity index (χ4n) is 3.75. The van der Waals surface area contributed by atoms with Crippen LogP contribution in [0, 0.1) is 11.8 Å². The van der Waals surface area contributed by atoms with Crippen LogP contribution < -0.4 is 5.32 Å². The number of hydrogen-bond acceptors (Lipinski definition) is 3. The van der Waals surface area contributed by atoms with E-state index in [1.165, 1.54) is 23.6 Å². The first-order valence-corrected chi connectivity index (χ1v) is 8.58. The molecular formula is C17H29N3O. The number of imidazole rings is 1. The van der Waals surface area contributed by atoms with Crippen LogP contribution in [0.15, 0.2) is 0 Å². The Morgan fingerprint density at radius 1 is 1.43 bits per heavy atom. The normalized spacial score (nSPS) is 25.5. The zero-order chi connectivity index (χ0) is 14.8. The highest BCUT2D eigenvalue weighted by atomic mass is 16.5. The minimum Gasteiger partial charge on any atom is -0.378 e. The highest BCUT2D eigenvalue weighted by Gasteiger charge is 2.29. The summed E-state index contributed by atoms with van der Waals surface area (Å²) in [6, 6.07) is 0. The molecule has 21 heavy (non-hydrogen) atoms. The molecule has 0 amide bonds. The largest absolute Gasteiger partial charge is 0.378 e. The van der Waals surface area contributed by atoms with E-state index in [0.29, 0.717) is 17.9 Å². The molecule has 1 fully saturated rings. The predicted molar refractivity (Wildman–Crippen MR) is 84.3 cm³/mol. The fraction of sp³-hybridized carbons (Fsp3) is 0.824. The zero-order valence-corrected chi connectivity index (χ0v) is 13.7. The number of hydrogen-bond donors (Lipinski definition) is 1. The average Bonchev–Trinajstić information content (AvgIpc) is 3.04. The number of fused-ring (bicyclic) bond motifs is 1. The van der Waals surface area contributed by atoms with Crippen LogP contribution in [-0.2, 0) is 30.7 Å². The fourth-order valence-corrected chi connectivity index (χ4v) is 3.75. The Morgan fingerprint density at radius 3 is 3.05 bits per heavy atom. The van der Waals surface area contributed by atoms with Crippen molar-refractivity contribution in [3.05, 3.63) is 17.2 Å². The number of ether oxygens (including phenoxy) is 1. The van der Waals surface area contributed by atoms with E-state index in [1.807, 2.05) is 0 Å².